The van der Waals surface area contributed by atoms with Crippen molar-refractivity contribution in [2.75, 3.05) is 7.11 Å². The number of rotatable bonds is 3. The average molecular weight is 460 g/mol. The molecule has 1 heterocycles. The van der Waals surface area contributed by atoms with Crippen LogP contribution < -0.4 is 0 Å². The third kappa shape index (κ3) is 2.88. The third-order valence-corrected chi connectivity index (χ3v) is 10.6. The Labute approximate surface area is 203 Å². The number of para-hydroxylation sites is 1. The Morgan fingerprint density at radius 3 is 2.56 bits per heavy atom. The van der Waals surface area contributed by atoms with E-state index in [9.17, 15) is 4.79 Å². The molecule has 5 nitrogen and oxygen atoms in total. The van der Waals surface area contributed by atoms with Crippen molar-refractivity contribution in [1.82, 2.24) is 15.0 Å². The quantitative estimate of drug-likeness (QED) is 0.510. The lowest BCUT2D eigenvalue weighted by Crippen LogP contribution is -2.58. The molecule has 180 valence electrons. The molecular formula is C29H37N3O2. The van der Waals surface area contributed by atoms with E-state index in [2.05, 4.69) is 55.5 Å². The molecule has 4 aliphatic carbocycles. The summed E-state index contributed by atoms with van der Waals surface area (Å²) >= 11 is 0. The molecule has 2 aromatic rings. The summed E-state index contributed by atoms with van der Waals surface area (Å²) < 4.78 is 7.24. The van der Waals surface area contributed by atoms with E-state index in [0.29, 0.717) is 11.8 Å². The van der Waals surface area contributed by atoms with Gasteiger partial charge in [-0.2, -0.15) is 0 Å². The fourth-order valence-corrected chi connectivity index (χ4v) is 9.20. The Kier molecular flexibility index (Phi) is 4.73. The minimum Gasteiger partial charge on any atom is -0.469 e. The van der Waals surface area contributed by atoms with Gasteiger partial charge in [0.1, 0.15) is 5.69 Å². The zero-order valence-electron chi connectivity index (χ0n) is 21.0. The minimum atomic E-state index is -0.354. The van der Waals surface area contributed by atoms with Crippen molar-refractivity contribution in [1.29, 1.82) is 0 Å². The number of fused-ring (bicyclic) bond motifs is 3. The molecule has 0 radical (unpaired) electrons. The van der Waals surface area contributed by atoms with Crippen molar-refractivity contribution in [3.8, 4) is 5.69 Å². The van der Waals surface area contributed by atoms with Crippen LogP contribution in [0.15, 0.2) is 42.6 Å². The Balaban J connectivity index is 1.38. The van der Waals surface area contributed by atoms with E-state index in [-0.39, 0.29) is 27.6 Å². The molecule has 0 N–H and O–H groups in total. The lowest BCUT2D eigenvalue weighted by Gasteiger charge is -2.64. The molecule has 34 heavy (non-hydrogen) atoms. The van der Waals surface area contributed by atoms with Crippen LogP contribution in [0.3, 0.4) is 0 Å². The van der Waals surface area contributed by atoms with Crippen LogP contribution in [0.4, 0.5) is 0 Å². The summed E-state index contributed by atoms with van der Waals surface area (Å²) in [5.41, 5.74) is 3.64. The summed E-state index contributed by atoms with van der Waals surface area (Å²) in [5, 5.41) is 9.13. The molecule has 2 bridgehead atoms. The average Bonchev–Trinajstić information content (AvgIpc) is 3.39. The molecule has 1 spiro atoms. The van der Waals surface area contributed by atoms with E-state index < -0.39 is 0 Å². The number of carbonyl (C=O) groups is 1. The molecule has 6 atom stereocenters. The number of carbonyl (C=O) groups excluding carboxylic acids is 1. The van der Waals surface area contributed by atoms with E-state index in [1.54, 1.807) is 7.11 Å². The van der Waals surface area contributed by atoms with Crippen molar-refractivity contribution in [2.24, 2.45) is 33.5 Å². The van der Waals surface area contributed by atoms with Gasteiger partial charge in [-0.3, -0.25) is 4.79 Å². The molecule has 3 saturated carbocycles. The van der Waals surface area contributed by atoms with E-state index in [1.807, 2.05) is 22.9 Å². The predicted octanol–water partition coefficient (Wildman–Crippen LogP) is 6.24. The van der Waals surface area contributed by atoms with Crippen molar-refractivity contribution >= 4 is 11.5 Å². The van der Waals surface area contributed by atoms with Gasteiger partial charge in [0, 0.05) is 0 Å². The molecule has 6 rings (SSSR count). The maximum atomic E-state index is 13.0. The van der Waals surface area contributed by atoms with Crippen LogP contribution in [0.5, 0.6) is 0 Å². The Morgan fingerprint density at radius 1 is 1.03 bits per heavy atom. The molecule has 3 fully saturated rings. The van der Waals surface area contributed by atoms with Gasteiger partial charge in [0.05, 0.1) is 24.4 Å². The number of aromatic nitrogens is 3. The van der Waals surface area contributed by atoms with E-state index in [1.165, 1.54) is 31.3 Å². The van der Waals surface area contributed by atoms with Gasteiger partial charge in [0.15, 0.2) is 0 Å². The van der Waals surface area contributed by atoms with Crippen molar-refractivity contribution in [2.45, 2.75) is 72.1 Å². The zero-order chi connectivity index (χ0) is 23.8. The van der Waals surface area contributed by atoms with E-state index in [4.69, 9.17) is 4.74 Å². The lowest BCUT2D eigenvalue weighted by molar-refractivity contribution is -0.182. The van der Waals surface area contributed by atoms with Crippen LogP contribution >= 0.6 is 0 Å². The fourth-order valence-electron chi connectivity index (χ4n) is 9.20. The molecule has 0 saturated heterocycles. The number of nitrogens with zero attached hydrogens (tertiary/aromatic N) is 3. The van der Waals surface area contributed by atoms with Gasteiger partial charge in [-0.25, -0.2) is 4.68 Å². The SMILES string of the molecule is COC(=O)[C@]1(C)CCC[C@@]2(C)[C@@H]3CC[C@@]4(C)C[C@@]3(C=C4c3cn(-c4ccccc4)nn3)CC[C@@H]21. The van der Waals surface area contributed by atoms with E-state index in [0.717, 1.165) is 37.1 Å². The zero-order valence-corrected chi connectivity index (χ0v) is 21.0. The van der Waals surface area contributed by atoms with Gasteiger partial charge >= 0.3 is 5.97 Å². The first-order valence-corrected chi connectivity index (χ1v) is 13.0. The molecule has 1 aromatic carbocycles. The van der Waals surface area contributed by atoms with E-state index >= 15 is 0 Å². The maximum absolute atomic E-state index is 13.0. The molecule has 0 aliphatic heterocycles. The summed E-state index contributed by atoms with van der Waals surface area (Å²) in [6.45, 7) is 7.13. The van der Waals surface area contributed by atoms with Gasteiger partial charge in [-0.05, 0) is 97.7 Å². The summed E-state index contributed by atoms with van der Waals surface area (Å²) in [4.78, 5) is 13.0. The van der Waals surface area contributed by atoms with Crippen LogP contribution in [0.1, 0.15) is 77.8 Å². The second-order valence-corrected chi connectivity index (χ2v) is 12.4. The summed E-state index contributed by atoms with van der Waals surface area (Å²) in [6.07, 6.45) is 13.9. The van der Waals surface area contributed by atoms with Crippen LogP contribution in [-0.4, -0.2) is 28.1 Å². The normalized spacial score (nSPS) is 40.8. The number of hydrogen-bond donors (Lipinski definition) is 0. The molecule has 5 heteroatoms. The molecule has 1 aromatic heterocycles. The monoisotopic (exact) mass is 459 g/mol. The number of ether oxygens (including phenoxy) is 1. The van der Waals surface area contributed by atoms with Gasteiger partial charge in [0.2, 0.25) is 0 Å². The van der Waals surface area contributed by atoms with Crippen LogP contribution in [0.2, 0.25) is 0 Å². The molecular weight excluding hydrogens is 422 g/mol. The summed E-state index contributed by atoms with van der Waals surface area (Å²) in [5.74, 6) is 1.01. The highest BCUT2D eigenvalue weighted by Gasteiger charge is 2.66. The lowest BCUT2D eigenvalue weighted by atomic mass is 9.40. The number of hydrogen-bond acceptors (Lipinski definition) is 4. The van der Waals surface area contributed by atoms with Gasteiger partial charge < -0.3 is 4.74 Å². The van der Waals surface area contributed by atoms with Crippen LogP contribution in [-0.2, 0) is 9.53 Å². The Hall–Kier alpha value is -2.43. The highest BCUT2D eigenvalue weighted by atomic mass is 16.5. The highest BCUT2D eigenvalue weighted by Crippen LogP contribution is 2.74. The minimum absolute atomic E-state index is 0.000187. The summed E-state index contributed by atoms with van der Waals surface area (Å²) in [6, 6.07) is 10.2. The number of benzene rings is 1. The highest BCUT2D eigenvalue weighted by molar-refractivity contribution is 5.77. The summed E-state index contributed by atoms with van der Waals surface area (Å²) in [7, 11) is 1.56. The van der Waals surface area contributed by atoms with Crippen molar-refractivity contribution in [3.63, 3.8) is 0 Å². The van der Waals surface area contributed by atoms with Crippen molar-refractivity contribution in [3.05, 3.63) is 48.3 Å². The molecule has 4 aliphatic rings. The third-order valence-electron chi connectivity index (χ3n) is 10.6. The molecule has 0 amide bonds. The van der Waals surface area contributed by atoms with Crippen LogP contribution in [0, 0.1) is 33.5 Å². The fraction of sp³-hybridized carbons (Fsp3) is 0.621. The Morgan fingerprint density at radius 2 is 1.79 bits per heavy atom. The largest absolute Gasteiger partial charge is 0.469 e. The second kappa shape index (κ2) is 7.29. The van der Waals surface area contributed by atoms with Crippen LogP contribution in [0.25, 0.3) is 11.3 Å². The molecule has 0 unspecified atom stereocenters. The van der Waals surface area contributed by atoms with Gasteiger partial charge in [-0.1, -0.05) is 49.8 Å². The number of esters is 1. The second-order valence-electron chi connectivity index (χ2n) is 12.4. The number of allylic oxidation sites excluding steroid dienone is 2. The maximum Gasteiger partial charge on any atom is 0.311 e. The first-order chi connectivity index (χ1) is 16.2. The first-order valence-electron chi connectivity index (χ1n) is 13.0. The van der Waals surface area contributed by atoms with Gasteiger partial charge in [0.25, 0.3) is 0 Å². The number of methoxy groups -OCH3 is 1. The predicted molar refractivity (Wildman–Crippen MR) is 132 cm³/mol. The van der Waals surface area contributed by atoms with Gasteiger partial charge in [-0.15, -0.1) is 5.10 Å². The standard InChI is InChI=1S/C29H37N3O2/c1-26-15-11-24-27(2)13-8-14-28(3,25(33)34-4)23(27)12-16-29(24,19-26)17-21(26)22-18-32(31-30-22)20-9-6-5-7-10-20/h5-7,9-10,17-18,23-24H,8,11-16,19H2,1-4H3/t23-,24-,26-,27+,28+,29-/m0/s1. The first kappa shape index (κ1) is 22.1. The van der Waals surface area contributed by atoms with Crippen molar-refractivity contribution < 1.29 is 9.53 Å². The Bertz CT molecular complexity index is 1160. The smallest absolute Gasteiger partial charge is 0.311 e. The topological polar surface area (TPSA) is 57.0 Å².